The van der Waals surface area contributed by atoms with Crippen molar-refractivity contribution in [1.29, 1.82) is 0 Å². The third-order valence-corrected chi connectivity index (χ3v) is 3.71. The van der Waals surface area contributed by atoms with Crippen LogP contribution in [0.5, 0.6) is 0 Å². The highest BCUT2D eigenvalue weighted by atomic mass is 16.5. The Kier molecular flexibility index (Phi) is 4.07. The third-order valence-electron chi connectivity index (χ3n) is 3.71. The summed E-state index contributed by atoms with van der Waals surface area (Å²) in [4.78, 5) is 14.1. The fourth-order valence-corrected chi connectivity index (χ4v) is 2.68. The standard InChI is InChI=1S/C14H24N2O2/c1-11(2)6-15-13(17)12(3)7-16-8-14(9-16)4-5-18-10-14/h11H,3-10H2,1-2H3,(H,15,17). The molecule has 2 heterocycles. The number of hydrogen-bond acceptors (Lipinski definition) is 3. The molecule has 1 N–H and O–H groups in total. The number of likely N-dealkylation sites (tertiary alicyclic amines) is 1. The molecular formula is C14H24N2O2. The molecule has 2 aliphatic heterocycles. The van der Waals surface area contributed by atoms with E-state index in [-0.39, 0.29) is 5.91 Å². The summed E-state index contributed by atoms with van der Waals surface area (Å²) in [6.45, 7) is 13.3. The number of ether oxygens (including phenoxy) is 1. The van der Waals surface area contributed by atoms with Crippen LogP contribution in [0, 0.1) is 11.3 Å². The summed E-state index contributed by atoms with van der Waals surface area (Å²) in [6.07, 6.45) is 1.16. The molecule has 102 valence electrons. The maximum Gasteiger partial charge on any atom is 0.247 e. The van der Waals surface area contributed by atoms with E-state index in [0.717, 1.165) is 39.3 Å². The van der Waals surface area contributed by atoms with Gasteiger partial charge in [-0.3, -0.25) is 9.69 Å². The van der Waals surface area contributed by atoms with Gasteiger partial charge in [0.25, 0.3) is 0 Å². The van der Waals surface area contributed by atoms with E-state index in [2.05, 4.69) is 30.6 Å². The van der Waals surface area contributed by atoms with Crippen LogP contribution in [-0.2, 0) is 9.53 Å². The fourth-order valence-electron chi connectivity index (χ4n) is 2.68. The van der Waals surface area contributed by atoms with Crippen LogP contribution in [-0.4, -0.2) is 50.2 Å². The van der Waals surface area contributed by atoms with E-state index >= 15 is 0 Å². The Morgan fingerprint density at radius 1 is 1.50 bits per heavy atom. The van der Waals surface area contributed by atoms with Crippen molar-refractivity contribution in [2.45, 2.75) is 20.3 Å². The van der Waals surface area contributed by atoms with E-state index in [1.54, 1.807) is 0 Å². The second-order valence-electron chi connectivity index (χ2n) is 6.16. The molecule has 0 aromatic rings. The molecule has 0 aromatic carbocycles. The van der Waals surface area contributed by atoms with E-state index in [9.17, 15) is 4.79 Å². The first-order chi connectivity index (χ1) is 8.51. The van der Waals surface area contributed by atoms with Crippen molar-refractivity contribution in [1.82, 2.24) is 10.2 Å². The van der Waals surface area contributed by atoms with Gasteiger partial charge in [0, 0.05) is 43.8 Å². The SMILES string of the molecule is C=C(CN1CC2(CCOC2)C1)C(=O)NCC(C)C. The van der Waals surface area contributed by atoms with Crippen LogP contribution in [0.1, 0.15) is 20.3 Å². The van der Waals surface area contributed by atoms with Gasteiger partial charge >= 0.3 is 0 Å². The number of carbonyl (C=O) groups is 1. The van der Waals surface area contributed by atoms with Crippen LogP contribution < -0.4 is 5.32 Å². The molecule has 2 aliphatic rings. The van der Waals surface area contributed by atoms with E-state index in [4.69, 9.17) is 4.74 Å². The lowest BCUT2D eigenvalue weighted by Gasteiger charge is -2.47. The molecule has 0 aromatic heterocycles. The van der Waals surface area contributed by atoms with Crippen molar-refractivity contribution in [3.05, 3.63) is 12.2 Å². The van der Waals surface area contributed by atoms with Gasteiger partial charge in [-0.15, -0.1) is 0 Å². The molecule has 0 atom stereocenters. The molecular weight excluding hydrogens is 228 g/mol. The number of hydrogen-bond donors (Lipinski definition) is 1. The average molecular weight is 252 g/mol. The van der Waals surface area contributed by atoms with Gasteiger partial charge < -0.3 is 10.1 Å². The molecule has 2 rings (SSSR count). The highest BCUT2D eigenvalue weighted by Gasteiger charge is 2.45. The van der Waals surface area contributed by atoms with Crippen LogP contribution in [0.15, 0.2) is 12.2 Å². The second-order valence-corrected chi connectivity index (χ2v) is 6.16. The van der Waals surface area contributed by atoms with Crippen molar-refractivity contribution in [2.75, 3.05) is 39.4 Å². The molecule has 4 heteroatoms. The molecule has 0 saturated carbocycles. The molecule has 0 unspecified atom stereocenters. The average Bonchev–Trinajstić information content (AvgIpc) is 2.74. The highest BCUT2D eigenvalue weighted by molar-refractivity contribution is 5.93. The van der Waals surface area contributed by atoms with Gasteiger partial charge in [0.2, 0.25) is 5.91 Å². The number of nitrogens with zero attached hydrogens (tertiary/aromatic N) is 1. The Morgan fingerprint density at radius 2 is 2.22 bits per heavy atom. The third kappa shape index (κ3) is 3.12. The van der Waals surface area contributed by atoms with Crippen molar-refractivity contribution >= 4 is 5.91 Å². The van der Waals surface area contributed by atoms with Crippen molar-refractivity contribution in [3.8, 4) is 0 Å². The molecule has 2 saturated heterocycles. The zero-order valence-corrected chi connectivity index (χ0v) is 11.5. The van der Waals surface area contributed by atoms with Gasteiger partial charge in [0.15, 0.2) is 0 Å². The monoisotopic (exact) mass is 252 g/mol. The van der Waals surface area contributed by atoms with Crippen molar-refractivity contribution in [2.24, 2.45) is 11.3 Å². The number of nitrogens with one attached hydrogen (secondary N) is 1. The fraction of sp³-hybridized carbons (Fsp3) is 0.786. The first-order valence-electron chi connectivity index (χ1n) is 6.77. The maximum atomic E-state index is 11.8. The molecule has 0 aliphatic carbocycles. The minimum absolute atomic E-state index is 0.00711. The van der Waals surface area contributed by atoms with Crippen molar-refractivity contribution in [3.63, 3.8) is 0 Å². The Labute approximate surface area is 109 Å². The highest BCUT2D eigenvalue weighted by Crippen LogP contribution is 2.38. The first kappa shape index (κ1) is 13.6. The first-order valence-corrected chi connectivity index (χ1v) is 6.77. The number of rotatable bonds is 5. The van der Waals surface area contributed by atoms with E-state index in [1.165, 1.54) is 0 Å². The summed E-state index contributed by atoms with van der Waals surface area (Å²) in [5.41, 5.74) is 1.05. The van der Waals surface area contributed by atoms with Gasteiger partial charge in [0.1, 0.15) is 0 Å². The minimum atomic E-state index is -0.00711. The lowest BCUT2D eigenvalue weighted by molar-refractivity contribution is -0.118. The van der Waals surface area contributed by atoms with Gasteiger partial charge in [-0.05, 0) is 12.3 Å². The Morgan fingerprint density at radius 3 is 2.78 bits per heavy atom. The zero-order valence-electron chi connectivity index (χ0n) is 11.5. The van der Waals surface area contributed by atoms with Gasteiger partial charge in [-0.1, -0.05) is 20.4 Å². The van der Waals surface area contributed by atoms with Gasteiger partial charge in [-0.25, -0.2) is 0 Å². The summed E-state index contributed by atoms with van der Waals surface area (Å²) in [6, 6.07) is 0. The van der Waals surface area contributed by atoms with Crippen molar-refractivity contribution < 1.29 is 9.53 Å². The predicted molar refractivity (Wildman–Crippen MR) is 71.3 cm³/mol. The minimum Gasteiger partial charge on any atom is -0.381 e. The van der Waals surface area contributed by atoms with Crippen LogP contribution in [0.4, 0.5) is 0 Å². The topological polar surface area (TPSA) is 41.6 Å². The summed E-state index contributed by atoms with van der Waals surface area (Å²) in [7, 11) is 0. The number of amides is 1. The molecule has 1 amide bonds. The van der Waals surface area contributed by atoms with Crippen LogP contribution in [0.3, 0.4) is 0 Å². The zero-order chi connectivity index (χ0) is 13.2. The molecule has 0 bridgehead atoms. The quantitative estimate of drug-likeness (QED) is 0.743. The molecule has 18 heavy (non-hydrogen) atoms. The van der Waals surface area contributed by atoms with E-state index in [1.807, 2.05) is 0 Å². The van der Waals surface area contributed by atoms with Gasteiger partial charge in [0.05, 0.1) is 6.61 Å². The Bertz CT molecular complexity index is 325. The summed E-state index contributed by atoms with van der Waals surface area (Å²) in [5.74, 6) is 0.469. The molecule has 0 radical (unpaired) electrons. The smallest absolute Gasteiger partial charge is 0.247 e. The van der Waals surface area contributed by atoms with E-state index in [0.29, 0.717) is 23.5 Å². The van der Waals surface area contributed by atoms with Crippen LogP contribution in [0.25, 0.3) is 0 Å². The maximum absolute atomic E-state index is 11.8. The second kappa shape index (κ2) is 5.41. The Hall–Kier alpha value is -0.870. The molecule has 1 spiro atoms. The Balaban J connectivity index is 1.68. The summed E-state index contributed by atoms with van der Waals surface area (Å²) >= 11 is 0. The number of carbonyl (C=O) groups excluding carboxylic acids is 1. The van der Waals surface area contributed by atoms with E-state index < -0.39 is 0 Å². The van der Waals surface area contributed by atoms with Crippen LogP contribution in [0.2, 0.25) is 0 Å². The van der Waals surface area contributed by atoms with Crippen LogP contribution >= 0.6 is 0 Å². The largest absolute Gasteiger partial charge is 0.381 e. The lowest BCUT2D eigenvalue weighted by Crippen LogP contribution is -2.57. The lowest BCUT2D eigenvalue weighted by atomic mass is 9.79. The normalized spacial score (nSPS) is 22.2. The van der Waals surface area contributed by atoms with Gasteiger partial charge in [-0.2, -0.15) is 0 Å². The summed E-state index contributed by atoms with van der Waals surface area (Å²) in [5, 5.41) is 2.91. The predicted octanol–water partition coefficient (Wildman–Crippen LogP) is 1.04. The molecule has 2 fully saturated rings. The molecule has 4 nitrogen and oxygen atoms in total. The summed E-state index contributed by atoms with van der Waals surface area (Å²) < 4.78 is 5.44.